The van der Waals surface area contributed by atoms with Gasteiger partial charge in [0.05, 0.1) is 8.49 Å². The van der Waals surface area contributed by atoms with Crippen molar-refractivity contribution in [1.29, 1.82) is 0 Å². The van der Waals surface area contributed by atoms with Crippen LogP contribution in [0, 0.1) is 19.5 Å². The lowest BCUT2D eigenvalue weighted by Crippen LogP contribution is -2.33. The van der Waals surface area contributed by atoms with Crippen molar-refractivity contribution >= 4 is 28.3 Å². The predicted octanol–water partition coefficient (Wildman–Crippen LogP) is 4.22. The number of hydrogen-bond acceptors (Lipinski definition) is 3. The molecule has 0 aliphatic heterocycles. The maximum Gasteiger partial charge on any atom is 0.274 e. The van der Waals surface area contributed by atoms with Crippen LogP contribution in [-0.4, -0.2) is 17.5 Å². The van der Waals surface area contributed by atoms with Gasteiger partial charge < -0.3 is 5.32 Å². The summed E-state index contributed by atoms with van der Waals surface area (Å²) >= 11 is 1.78. The summed E-state index contributed by atoms with van der Waals surface area (Å²) in [5, 5.41) is 14.5. The van der Waals surface area contributed by atoms with E-state index in [1.165, 1.54) is 12.1 Å². The minimum atomic E-state index is -0.424. The molecule has 112 valence electrons. The van der Waals surface area contributed by atoms with E-state index in [-0.39, 0.29) is 21.2 Å². The van der Waals surface area contributed by atoms with Crippen molar-refractivity contribution in [2.45, 2.75) is 45.6 Å². The van der Waals surface area contributed by atoms with Crippen LogP contribution in [0.2, 0.25) is 0 Å². The third-order valence-corrected chi connectivity index (χ3v) is 4.25. The fraction of sp³-hybridized carbons (Fsp3) is 0.571. The van der Waals surface area contributed by atoms with E-state index in [9.17, 15) is 14.5 Å². The molecule has 1 aromatic rings. The molecule has 0 saturated heterocycles. The van der Waals surface area contributed by atoms with E-state index in [1.54, 1.807) is 22.6 Å². The minimum absolute atomic E-state index is 0.00722. The lowest BCUT2D eigenvalue weighted by atomic mass is 9.88. The SMILES string of the molecule is CCCNC(C)C(CC)c1cc(F)c(I)cc1[N+](=O)[O-]. The fourth-order valence-corrected chi connectivity index (χ4v) is 2.81. The van der Waals surface area contributed by atoms with E-state index in [1.807, 2.05) is 13.8 Å². The largest absolute Gasteiger partial charge is 0.314 e. The van der Waals surface area contributed by atoms with Crippen molar-refractivity contribution in [1.82, 2.24) is 5.32 Å². The molecule has 0 saturated carbocycles. The Labute approximate surface area is 132 Å². The standard InChI is InChI=1S/C14H20FIN2O2/c1-4-6-17-9(3)10(5-2)11-7-12(15)13(16)8-14(11)18(19)20/h7-10,17H,4-6H2,1-3H3. The molecule has 0 radical (unpaired) electrons. The highest BCUT2D eigenvalue weighted by Gasteiger charge is 2.27. The third kappa shape index (κ3) is 4.12. The first kappa shape index (κ1) is 17.3. The minimum Gasteiger partial charge on any atom is -0.314 e. The highest BCUT2D eigenvalue weighted by atomic mass is 127. The van der Waals surface area contributed by atoms with E-state index < -0.39 is 10.7 Å². The highest BCUT2D eigenvalue weighted by Crippen LogP contribution is 2.33. The fourth-order valence-electron chi connectivity index (χ4n) is 2.36. The second-order valence-electron chi connectivity index (χ2n) is 4.84. The van der Waals surface area contributed by atoms with Crippen LogP contribution in [0.4, 0.5) is 10.1 Å². The van der Waals surface area contributed by atoms with Gasteiger partial charge in [-0.2, -0.15) is 0 Å². The Morgan fingerprint density at radius 3 is 2.60 bits per heavy atom. The third-order valence-electron chi connectivity index (χ3n) is 3.43. The average Bonchev–Trinajstić information content (AvgIpc) is 2.40. The molecule has 0 aliphatic rings. The monoisotopic (exact) mass is 394 g/mol. The number of nitrogens with zero attached hydrogens (tertiary/aromatic N) is 1. The van der Waals surface area contributed by atoms with E-state index in [2.05, 4.69) is 12.2 Å². The zero-order chi connectivity index (χ0) is 15.3. The van der Waals surface area contributed by atoms with Crippen LogP contribution >= 0.6 is 22.6 Å². The predicted molar refractivity (Wildman–Crippen MR) is 86.6 cm³/mol. The van der Waals surface area contributed by atoms with Gasteiger partial charge in [-0.05, 0) is 55.0 Å². The van der Waals surface area contributed by atoms with E-state index in [4.69, 9.17) is 0 Å². The first-order valence-electron chi connectivity index (χ1n) is 6.79. The maximum absolute atomic E-state index is 13.8. The molecule has 6 heteroatoms. The molecular formula is C14H20FIN2O2. The van der Waals surface area contributed by atoms with Gasteiger partial charge in [0.25, 0.3) is 5.69 Å². The van der Waals surface area contributed by atoms with Gasteiger partial charge in [0.2, 0.25) is 0 Å². The van der Waals surface area contributed by atoms with Crippen molar-refractivity contribution in [3.05, 3.63) is 37.2 Å². The van der Waals surface area contributed by atoms with Crippen molar-refractivity contribution in [3.63, 3.8) is 0 Å². The van der Waals surface area contributed by atoms with Gasteiger partial charge in [-0.1, -0.05) is 13.8 Å². The van der Waals surface area contributed by atoms with Gasteiger partial charge >= 0.3 is 0 Å². The quantitative estimate of drug-likeness (QED) is 0.428. The van der Waals surface area contributed by atoms with Crippen molar-refractivity contribution in [3.8, 4) is 0 Å². The van der Waals surface area contributed by atoms with Crippen LogP contribution in [0.15, 0.2) is 12.1 Å². The molecule has 0 fully saturated rings. The Bertz CT molecular complexity index is 482. The van der Waals surface area contributed by atoms with Crippen LogP contribution < -0.4 is 5.32 Å². The Morgan fingerprint density at radius 1 is 1.45 bits per heavy atom. The summed E-state index contributed by atoms with van der Waals surface area (Å²) in [4.78, 5) is 10.8. The van der Waals surface area contributed by atoms with Gasteiger partial charge in [-0.25, -0.2) is 4.39 Å². The first-order valence-corrected chi connectivity index (χ1v) is 7.86. The van der Waals surface area contributed by atoms with Crippen LogP contribution in [0.25, 0.3) is 0 Å². The number of halogens is 2. The normalized spacial score (nSPS) is 14.1. The molecule has 2 unspecified atom stereocenters. The summed E-state index contributed by atoms with van der Waals surface area (Å²) in [5.41, 5.74) is 0.485. The summed E-state index contributed by atoms with van der Waals surface area (Å²) in [6.07, 6.45) is 1.71. The molecule has 4 nitrogen and oxygen atoms in total. The molecule has 0 amide bonds. The summed E-state index contributed by atoms with van der Waals surface area (Å²) in [7, 11) is 0. The molecule has 0 aliphatic carbocycles. The molecule has 0 bridgehead atoms. The lowest BCUT2D eigenvalue weighted by molar-refractivity contribution is -0.385. The van der Waals surface area contributed by atoms with Crippen LogP contribution in [0.1, 0.15) is 45.1 Å². The Morgan fingerprint density at radius 2 is 2.10 bits per heavy atom. The Hall–Kier alpha value is -0.760. The molecule has 0 aromatic heterocycles. The summed E-state index contributed by atoms with van der Waals surface area (Å²) < 4.78 is 14.1. The summed E-state index contributed by atoms with van der Waals surface area (Å²) in [6, 6.07) is 2.71. The Balaban J connectivity index is 3.19. The van der Waals surface area contributed by atoms with E-state index in [0.717, 1.165) is 19.4 Å². The van der Waals surface area contributed by atoms with Gasteiger partial charge in [0, 0.05) is 23.6 Å². The molecular weight excluding hydrogens is 374 g/mol. The molecule has 20 heavy (non-hydrogen) atoms. The van der Waals surface area contributed by atoms with Crippen molar-refractivity contribution < 1.29 is 9.31 Å². The zero-order valence-corrected chi connectivity index (χ0v) is 14.1. The van der Waals surface area contributed by atoms with Crippen molar-refractivity contribution in [2.75, 3.05) is 6.54 Å². The topological polar surface area (TPSA) is 55.2 Å². The van der Waals surface area contributed by atoms with Gasteiger partial charge in [0.1, 0.15) is 5.82 Å². The lowest BCUT2D eigenvalue weighted by Gasteiger charge is -2.24. The van der Waals surface area contributed by atoms with E-state index >= 15 is 0 Å². The number of nitro groups is 1. The second-order valence-corrected chi connectivity index (χ2v) is 6.00. The Kier molecular flexibility index (Phi) is 6.81. The molecule has 1 aromatic carbocycles. The highest BCUT2D eigenvalue weighted by molar-refractivity contribution is 14.1. The summed E-state index contributed by atoms with van der Waals surface area (Å²) in [6.45, 7) is 6.86. The number of hydrogen-bond donors (Lipinski definition) is 1. The van der Waals surface area contributed by atoms with Crippen LogP contribution in [0.3, 0.4) is 0 Å². The number of nitro benzene ring substituents is 1. The van der Waals surface area contributed by atoms with Gasteiger partial charge in [-0.15, -0.1) is 0 Å². The van der Waals surface area contributed by atoms with Crippen molar-refractivity contribution in [2.24, 2.45) is 0 Å². The number of rotatable bonds is 7. The second kappa shape index (κ2) is 7.87. The van der Waals surface area contributed by atoms with Crippen LogP contribution in [-0.2, 0) is 0 Å². The number of nitrogens with one attached hydrogen (secondary N) is 1. The zero-order valence-electron chi connectivity index (χ0n) is 12.0. The molecule has 2 atom stereocenters. The van der Waals surface area contributed by atoms with Gasteiger partial charge in [-0.3, -0.25) is 10.1 Å². The van der Waals surface area contributed by atoms with Crippen LogP contribution in [0.5, 0.6) is 0 Å². The van der Waals surface area contributed by atoms with Gasteiger partial charge in [0.15, 0.2) is 0 Å². The smallest absolute Gasteiger partial charge is 0.274 e. The first-order chi connectivity index (χ1) is 9.42. The molecule has 1 rings (SSSR count). The average molecular weight is 394 g/mol. The molecule has 1 N–H and O–H groups in total. The summed E-state index contributed by atoms with van der Waals surface area (Å²) in [5.74, 6) is -0.471. The number of benzene rings is 1. The van der Waals surface area contributed by atoms with E-state index in [0.29, 0.717) is 5.56 Å². The molecule has 0 spiro atoms. The molecule has 0 heterocycles. The maximum atomic E-state index is 13.8.